The van der Waals surface area contributed by atoms with Crippen molar-refractivity contribution in [2.24, 2.45) is 0 Å². The lowest BCUT2D eigenvalue weighted by atomic mass is 10.0. The van der Waals surface area contributed by atoms with Gasteiger partial charge in [0.15, 0.2) is 0 Å². The molecule has 84 valence electrons. The number of pyridine rings is 2. The standard InChI is InChI=1S/C13H16N2O/c1-6-7(2)14-8(3)12-9(4)15-10(5)13(16)11(6)12/h16H,1-5H3. The summed E-state index contributed by atoms with van der Waals surface area (Å²) in [4.78, 5) is 8.82. The Morgan fingerprint density at radius 3 is 1.75 bits per heavy atom. The van der Waals surface area contributed by atoms with Crippen molar-refractivity contribution in [2.75, 3.05) is 0 Å². The van der Waals surface area contributed by atoms with E-state index in [1.807, 2.05) is 34.6 Å². The van der Waals surface area contributed by atoms with E-state index in [4.69, 9.17) is 0 Å². The molecule has 16 heavy (non-hydrogen) atoms. The summed E-state index contributed by atoms with van der Waals surface area (Å²) >= 11 is 0. The Hall–Kier alpha value is -1.64. The normalized spacial score (nSPS) is 11.1. The topological polar surface area (TPSA) is 46.0 Å². The predicted molar refractivity (Wildman–Crippen MR) is 64.9 cm³/mol. The highest BCUT2D eigenvalue weighted by atomic mass is 16.3. The first-order chi connectivity index (χ1) is 7.43. The van der Waals surface area contributed by atoms with Crippen LogP contribution in [0.5, 0.6) is 5.75 Å². The lowest BCUT2D eigenvalue weighted by Gasteiger charge is -2.13. The first-order valence-corrected chi connectivity index (χ1v) is 5.37. The largest absolute Gasteiger partial charge is 0.505 e. The van der Waals surface area contributed by atoms with Crippen LogP contribution in [0.3, 0.4) is 0 Å². The van der Waals surface area contributed by atoms with Crippen LogP contribution in [0.15, 0.2) is 0 Å². The van der Waals surface area contributed by atoms with Crippen molar-refractivity contribution in [3.8, 4) is 5.75 Å². The molecule has 0 saturated carbocycles. The maximum absolute atomic E-state index is 10.1. The van der Waals surface area contributed by atoms with Gasteiger partial charge in [-0.15, -0.1) is 0 Å². The molecule has 0 unspecified atom stereocenters. The van der Waals surface area contributed by atoms with E-state index in [1.165, 1.54) is 0 Å². The molecule has 3 heteroatoms. The third-order valence-corrected chi connectivity index (χ3v) is 3.14. The number of aryl methyl sites for hydroxylation is 5. The molecular weight excluding hydrogens is 200 g/mol. The number of fused-ring (bicyclic) bond motifs is 1. The zero-order valence-corrected chi connectivity index (χ0v) is 10.3. The van der Waals surface area contributed by atoms with Crippen LogP contribution in [0.4, 0.5) is 0 Å². The van der Waals surface area contributed by atoms with Gasteiger partial charge in [-0.05, 0) is 40.2 Å². The Labute approximate surface area is 95.2 Å². The number of aromatic nitrogens is 2. The summed E-state index contributed by atoms with van der Waals surface area (Å²) in [5, 5.41) is 12.0. The van der Waals surface area contributed by atoms with Crippen molar-refractivity contribution in [1.82, 2.24) is 9.97 Å². The lowest BCUT2D eigenvalue weighted by molar-refractivity contribution is 0.473. The molecule has 0 radical (unpaired) electrons. The molecule has 1 N–H and O–H groups in total. The molecule has 0 aliphatic heterocycles. The Bertz CT molecular complexity index is 540. The molecule has 2 aromatic heterocycles. The molecule has 0 amide bonds. The highest BCUT2D eigenvalue weighted by molar-refractivity contribution is 5.94. The van der Waals surface area contributed by atoms with Gasteiger partial charge in [0.1, 0.15) is 5.75 Å². The zero-order valence-electron chi connectivity index (χ0n) is 10.3. The fraction of sp³-hybridized carbons (Fsp3) is 0.385. The van der Waals surface area contributed by atoms with Crippen molar-refractivity contribution in [2.45, 2.75) is 34.6 Å². The van der Waals surface area contributed by atoms with E-state index in [-0.39, 0.29) is 5.75 Å². The van der Waals surface area contributed by atoms with Gasteiger partial charge >= 0.3 is 0 Å². The lowest BCUT2D eigenvalue weighted by Crippen LogP contribution is -1.99. The summed E-state index contributed by atoms with van der Waals surface area (Å²) in [6, 6.07) is 0. The van der Waals surface area contributed by atoms with Crippen molar-refractivity contribution in [1.29, 1.82) is 0 Å². The van der Waals surface area contributed by atoms with Crippen molar-refractivity contribution in [3.05, 3.63) is 28.3 Å². The van der Waals surface area contributed by atoms with E-state index in [9.17, 15) is 5.11 Å². The van der Waals surface area contributed by atoms with Gasteiger partial charge in [-0.3, -0.25) is 9.97 Å². The molecule has 2 rings (SSSR count). The second kappa shape index (κ2) is 3.44. The van der Waals surface area contributed by atoms with Crippen LogP contribution in [-0.4, -0.2) is 15.1 Å². The number of aromatic hydroxyl groups is 1. The van der Waals surface area contributed by atoms with Crippen LogP contribution in [-0.2, 0) is 0 Å². The first kappa shape index (κ1) is 10.9. The average Bonchev–Trinajstić information content (AvgIpc) is 2.20. The maximum Gasteiger partial charge on any atom is 0.145 e. The molecule has 0 bridgehead atoms. The van der Waals surface area contributed by atoms with Gasteiger partial charge in [0.05, 0.1) is 5.69 Å². The van der Waals surface area contributed by atoms with E-state index >= 15 is 0 Å². The molecule has 0 aliphatic carbocycles. The summed E-state index contributed by atoms with van der Waals surface area (Å²) in [5.41, 5.74) is 4.53. The Balaban J connectivity index is 3.11. The monoisotopic (exact) mass is 216 g/mol. The van der Waals surface area contributed by atoms with Crippen LogP contribution < -0.4 is 0 Å². The maximum atomic E-state index is 10.1. The van der Waals surface area contributed by atoms with Gasteiger partial charge in [-0.2, -0.15) is 0 Å². The van der Waals surface area contributed by atoms with E-state index in [0.717, 1.165) is 33.4 Å². The van der Waals surface area contributed by atoms with E-state index < -0.39 is 0 Å². The first-order valence-electron chi connectivity index (χ1n) is 5.37. The highest BCUT2D eigenvalue weighted by Crippen LogP contribution is 2.33. The van der Waals surface area contributed by atoms with Crippen LogP contribution >= 0.6 is 0 Å². The second-order valence-corrected chi connectivity index (χ2v) is 4.29. The van der Waals surface area contributed by atoms with Crippen LogP contribution in [0.1, 0.15) is 28.3 Å². The molecule has 0 atom stereocenters. The van der Waals surface area contributed by atoms with Gasteiger partial charge in [0, 0.05) is 27.9 Å². The third kappa shape index (κ3) is 1.35. The van der Waals surface area contributed by atoms with Gasteiger partial charge in [-0.25, -0.2) is 0 Å². The zero-order chi connectivity index (χ0) is 12.0. The molecule has 0 spiro atoms. The van der Waals surface area contributed by atoms with Gasteiger partial charge in [0.2, 0.25) is 0 Å². The highest BCUT2D eigenvalue weighted by Gasteiger charge is 2.14. The fourth-order valence-electron chi connectivity index (χ4n) is 2.22. The smallest absolute Gasteiger partial charge is 0.145 e. The number of hydrogen-bond acceptors (Lipinski definition) is 3. The minimum Gasteiger partial charge on any atom is -0.505 e. The van der Waals surface area contributed by atoms with E-state index in [2.05, 4.69) is 9.97 Å². The van der Waals surface area contributed by atoms with Crippen LogP contribution in [0.25, 0.3) is 10.8 Å². The van der Waals surface area contributed by atoms with Crippen molar-refractivity contribution < 1.29 is 5.11 Å². The predicted octanol–water partition coefficient (Wildman–Crippen LogP) is 2.88. The second-order valence-electron chi connectivity index (χ2n) is 4.29. The molecule has 0 fully saturated rings. The molecular formula is C13H16N2O. The fourth-order valence-corrected chi connectivity index (χ4v) is 2.22. The molecule has 3 nitrogen and oxygen atoms in total. The van der Waals surface area contributed by atoms with Crippen LogP contribution in [0.2, 0.25) is 0 Å². The SMILES string of the molecule is Cc1nc(C)c2c(C)nc(C)c(O)c2c1C. The molecule has 2 heterocycles. The van der Waals surface area contributed by atoms with Gasteiger partial charge in [0.25, 0.3) is 0 Å². The molecule has 0 aromatic carbocycles. The minimum atomic E-state index is 0.284. The summed E-state index contributed by atoms with van der Waals surface area (Å²) < 4.78 is 0. The van der Waals surface area contributed by atoms with Crippen molar-refractivity contribution in [3.63, 3.8) is 0 Å². The van der Waals surface area contributed by atoms with E-state index in [1.54, 1.807) is 0 Å². The summed E-state index contributed by atoms with van der Waals surface area (Å²) in [5.74, 6) is 0.284. The summed E-state index contributed by atoms with van der Waals surface area (Å²) in [6.07, 6.45) is 0. The third-order valence-electron chi connectivity index (χ3n) is 3.14. The number of hydrogen-bond donors (Lipinski definition) is 1. The van der Waals surface area contributed by atoms with Gasteiger partial charge in [-0.1, -0.05) is 0 Å². The average molecular weight is 216 g/mol. The summed E-state index contributed by atoms with van der Waals surface area (Å²) in [7, 11) is 0. The minimum absolute atomic E-state index is 0.284. The quantitative estimate of drug-likeness (QED) is 0.736. The Kier molecular flexibility index (Phi) is 2.34. The Morgan fingerprint density at radius 1 is 0.688 bits per heavy atom. The number of rotatable bonds is 0. The molecule has 0 saturated heterocycles. The van der Waals surface area contributed by atoms with Gasteiger partial charge < -0.3 is 5.11 Å². The van der Waals surface area contributed by atoms with Crippen molar-refractivity contribution >= 4 is 10.8 Å². The number of nitrogens with zero attached hydrogens (tertiary/aromatic N) is 2. The summed E-state index contributed by atoms with van der Waals surface area (Å²) in [6.45, 7) is 9.69. The molecule has 2 aromatic rings. The Morgan fingerprint density at radius 2 is 1.19 bits per heavy atom. The molecule has 0 aliphatic rings. The van der Waals surface area contributed by atoms with E-state index in [0.29, 0.717) is 5.69 Å². The van der Waals surface area contributed by atoms with Crippen LogP contribution in [0, 0.1) is 34.6 Å².